The first-order chi connectivity index (χ1) is 19.6. The Morgan fingerprint density at radius 2 is 1.68 bits per heavy atom. The first-order valence-electron chi connectivity index (χ1n) is 14.1. The van der Waals surface area contributed by atoms with E-state index < -0.39 is 5.97 Å². The van der Waals surface area contributed by atoms with Gasteiger partial charge in [-0.3, -0.25) is 9.69 Å². The zero-order chi connectivity index (χ0) is 27.2. The molecule has 0 radical (unpaired) electrons. The molecule has 1 amide bonds. The van der Waals surface area contributed by atoms with Crippen LogP contribution in [-0.2, 0) is 30.7 Å². The standard InChI is InChI=1S/C31H33N3O6.Li.H/c35-30(34-17-21-6-2-1-5-20(21)13-22(34)18-32-9-11-38-12-10-32)24-16-29-28(39-19-40-29)15-23(24)27-14-25(31(36)37)26-7-3-4-8-33(26)27;;/h1-2,5-6,14-16,22H,3-4,7-13,17-19H2,(H,36,37);;/t22-;;/m0../s1. The molecule has 3 aromatic rings. The maximum atomic E-state index is 14.6. The minimum absolute atomic E-state index is 0. The van der Waals surface area contributed by atoms with Crippen LogP contribution in [0.3, 0.4) is 0 Å². The molecule has 210 valence electrons. The number of carboxylic acid groups (broad SMARTS) is 1. The van der Waals surface area contributed by atoms with E-state index in [4.69, 9.17) is 14.2 Å². The van der Waals surface area contributed by atoms with Gasteiger partial charge in [0.25, 0.3) is 5.91 Å². The van der Waals surface area contributed by atoms with E-state index in [1.165, 1.54) is 5.56 Å². The van der Waals surface area contributed by atoms with Crippen LogP contribution in [-0.4, -0.2) is 95.9 Å². The van der Waals surface area contributed by atoms with Crippen LogP contribution in [0.5, 0.6) is 11.5 Å². The Morgan fingerprint density at radius 1 is 0.927 bits per heavy atom. The van der Waals surface area contributed by atoms with Gasteiger partial charge in [-0.05, 0) is 55.0 Å². The normalized spacial score (nSPS) is 19.7. The first-order valence-corrected chi connectivity index (χ1v) is 14.1. The number of hydrogen-bond donors (Lipinski definition) is 1. The third kappa shape index (κ3) is 5.17. The van der Waals surface area contributed by atoms with Crippen molar-refractivity contribution in [3.05, 3.63) is 70.4 Å². The fourth-order valence-corrected chi connectivity index (χ4v) is 6.64. The molecule has 41 heavy (non-hydrogen) atoms. The Hall–Kier alpha value is -3.22. The van der Waals surface area contributed by atoms with Crippen molar-refractivity contribution in [1.29, 1.82) is 0 Å². The second-order valence-electron chi connectivity index (χ2n) is 11.0. The van der Waals surface area contributed by atoms with Crippen LogP contribution in [0.25, 0.3) is 11.3 Å². The summed E-state index contributed by atoms with van der Waals surface area (Å²) in [7, 11) is 0. The van der Waals surface area contributed by atoms with Gasteiger partial charge in [-0.1, -0.05) is 24.3 Å². The average molecular weight is 552 g/mol. The summed E-state index contributed by atoms with van der Waals surface area (Å²) in [5.41, 5.74) is 5.51. The van der Waals surface area contributed by atoms with Crippen LogP contribution >= 0.6 is 0 Å². The van der Waals surface area contributed by atoms with Crippen molar-refractivity contribution in [3.63, 3.8) is 0 Å². The number of aromatic nitrogens is 1. The van der Waals surface area contributed by atoms with Gasteiger partial charge in [-0.2, -0.15) is 0 Å². The summed E-state index contributed by atoms with van der Waals surface area (Å²) in [5.74, 6) is 0.0924. The van der Waals surface area contributed by atoms with Gasteiger partial charge in [0.15, 0.2) is 11.5 Å². The molecule has 4 aliphatic rings. The maximum absolute atomic E-state index is 14.6. The summed E-state index contributed by atoms with van der Waals surface area (Å²) >= 11 is 0. The number of carbonyl (C=O) groups is 2. The van der Waals surface area contributed by atoms with E-state index in [0.717, 1.165) is 62.4 Å². The molecule has 1 atom stereocenters. The van der Waals surface area contributed by atoms with E-state index in [1.54, 1.807) is 12.1 Å². The van der Waals surface area contributed by atoms with Crippen LogP contribution in [0, 0.1) is 0 Å². The van der Waals surface area contributed by atoms with Crippen LogP contribution in [0.15, 0.2) is 42.5 Å². The molecule has 2 aromatic carbocycles. The van der Waals surface area contributed by atoms with Gasteiger partial charge in [-0.25, -0.2) is 4.79 Å². The van der Waals surface area contributed by atoms with Crippen molar-refractivity contribution < 1.29 is 28.9 Å². The quantitative estimate of drug-likeness (QED) is 0.487. The predicted octanol–water partition coefficient (Wildman–Crippen LogP) is 3.17. The first kappa shape index (κ1) is 27.9. The van der Waals surface area contributed by atoms with E-state index in [1.807, 2.05) is 17.0 Å². The molecule has 0 bridgehead atoms. The molecule has 0 aliphatic carbocycles. The van der Waals surface area contributed by atoms with Crippen molar-refractivity contribution in [2.75, 3.05) is 39.6 Å². The number of amides is 1. The molecule has 0 saturated carbocycles. The molecular weight excluding hydrogens is 517 g/mol. The molecule has 1 aromatic heterocycles. The molecule has 0 unspecified atom stereocenters. The third-order valence-corrected chi connectivity index (χ3v) is 8.69. The van der Waals surface area contributed by atoms with E-state index in [2.05, 4.69) is 27.7 Å². The average Bonchev–Trinajstić information content (AvgIpc) is 3.61. The van der Waals surface area contributed by atoms with Crippen LogP contribution < -0.4 is 9.47 Å². The predicted molar refractivity (Wildman–Crippen MR) is 154 cm³/mol. The number of hydrogen-bond acceptors (Lipinski definition) is 6. The number of rotatable bonds is 5. The topological polar surface area (TPSA) is 93.5 Å². The summed E-state index contributed by atoms with van der Waals surface area (Å²) in [4.78, 5) is 31.2. The number of carbonyl (C=O) groups excluding carboxylic acids is 1. The van der Waals surface area contributed by atoms with Crippen molar-refractivity contribution in [3.8, 4) is 22.8 Å². The minimum atomic E-state index is -0.941. The second-order valence-corrected chi connectivity index (χ2v) is 11.0. The SMILES string of the molecule is O=C(O)c1cc(-c2cc3c(cc2C(=O)N2Cc4ccccc4C[C@H]2CN2CCOCC2)OCO3)n2c1CCCC2.[LiH]. The summed E-state index contributed by atoms with van der Waals surface area (Å²) in [6.07, 6.45) is 3.40. The Morgan fingerprint density at radius 3 is 2.46 bits per heavy atom. The summed E-state index contributed by atoms with van der Waals surface area (Å²) < 4.78 is 19.1. The fraction of sp³-hybridized carbons (Fsp3) is 0.419. The molecule has 9 nitrogen and oxygen atoms in total. The van der Waals surface area contributed by atoms with Crippen molar-refractivity contribution in [2.45, 2.75) is 44.8 Å². The molecule has 10 heteroatoms. The molecule has 5 heterocycles. The number of carboxylic acids is 1. The van der Waals surface area contributed by atoms with Gasteiger partial charge in [0.05, 0.1) is 30.0 Å². The van der Waals surface area contributed by atoms with Crippen molar-refractivity contribution in [1.82, 2.24) is 14.4 Å². The number of nitrogens with zero attached hydrogens (tertiary/aromatic N) is 3. The zero-order valence-corrected chi connectivity index (χ0v) is 22.4. The molecule has 0 spiro atoms. The molecule has 1 fully saturated rings. The molecule has 4 aliphatic heterocycles. The molecule has 1 saturated heterocycles. The number of aromatic carboxylic acids is 1. The number of ether oxygens (including phenoxy) is 3. The van der Waals surface area contributed by atoms with Gasteiger partial charge in [0.2, 0.25) is 6.79 Å². The monoisotopic (exact) mass is 551 g/mol. The Kier molecular flexibility index (Phi) is 7.88. The van der Waals surface area contributed by atoms with Crippen molar-refractivity contribution >= 4 is 30.7 Å². The van der Waals surface area contributed by atoms with Gasteiger partial charge < -0.3 is 28.8 Å². The van der Waals surface area contributed by atoms with Crippen molar-refractivity contribution in [2.24, 2.45) is 0 Å². The Labute approximate surface area is 251 Å². The van der Waals surface area contributed by atoms with Gasteiger partial charge in [0, 0.05) is 50.0 Å². The summed E-state index contributed by atoms with van der Waals surface area (Å²) in [6, 6.07) is 13.7. The van der Waals surface area contributed by atoms with E-state index in [0.29, 0.717) is 54.4 Å². The number of fused-ring (bicyclic) bond motifs is 3. The van der Waals surface area contributed by atoms with Gasteiger partial charge >= 0.3 is 24.8 Å². The summed E-state index contributed by atoms with van der Waals surface area (Å²) in [6.45, 7) is 5.21. The van der Waals surface area contributed by atoms with Gasteiger partial charge in [-0.15, -0.1) is 0 Å². The second kappa shape index (κ2) is 11.6. The van der Waals surface area contributed by atoms with Gasteiger partial charge in [0.1, 0.15) is 0 Å². The zero-order valence-electron chi connectivity index (χ0n) is 22.4. The van der Waals surface area contributed by atoms with Crippen LogP contribution in [0.2, 0.25) is 0 Å². The Bertz CT molecular complexity index is 1480. The van der Waals surface area contributed by atoms with E-state index in [9.17, 15) is 14.7 Å². The summed E-state index contributed by atoms with van der Waals surface area (Å²) in [5, 5.41) is 9.97. The van der Waals surface area contributed by atoms with E-state index >= 15 is 0 Å². The van der Waals surface area contributed by atoms with E-state index in [-0.39, 0.29) is 37.6 Å². The Balaban J connectivity index is 0.00000302. The molecular formula is C31H34LiN3O6. The van der Waals surface area contributed by atoms with Crippen LogP contribution in [0.1, 0.15) is 50.4 Å². The molecule has 1 N–H and O–H groups in total. The third-order valence-electron chi connectivity index (χ3n) is 8.69. The number of benzene rings is 2. The molecule has 7 rings (SSSR count). The number of morpholine rings is 1. The van der Waals surface area contributed by atoms with Crippen LogP contribution in [0.4, 0.5) is 0 Å². The fourth-order valence-electron chi connectivity index (χ4n) is 6.64.